The fourth-order valence-electron chi connectivity index (χ4n) is 2.58. The highest BCUT2D eigenvalue weighted by Gasteiger charge is 1.99. The van der Waals surface area contributed by atoms with Crippen molar-refractivity contribution in [1.29, 1.82) is 0 Å². The topological polar surface area (TPSA) is 66.1 Å². The van der Waals surface area contributed by atoms with E-state index in [9.17, 15) is 0 Å². The zero-order valence-electron chi connectivity index (χ0n) is 15.7. The van der Waals surface area contributed by atoms with Gasteiger partial charge in [0, 0.05) is 6.42 Å². The number of hydrazone groups is 1. The summed E-state index contributed by atoms with van der Waals surface area (Å²) in [4.78, 5) is 0. The zero-order chi connectivity index (χ0) is 19.4. The van der Waals surface area contributed by atoms with Crippen molar-refractivity contribution in [3.8, 4) is 17.2 Å². The van der Waals surface area contributed by atoms with Crippen molar-refractivity contribution in [2.45, 2.75) is 13.0 Å². The van der Waals surface area contributed by atoms with Gasteiger partial charge < -0.3 is 20.1 Å². The highest BCUT2D eigenvalue weighted by Crippen LogP contribution is 2.19. The van der Waals surface area contributed by atoms with Gasteiger partial charge in [-0.2, -0.15) is 5.10 Å². The van der Waals surface area contributed by atoms with Gasteiger partial charge in [-0.05, 0) is 47.5 Å². The molecule has 0 atom stereocenters. The van der Waals surface area contributed by atoms with Gasteiger partial charge in [0.25, 0.3) is 0 Å². The van der Waals surface area contributed by atoms with Crippen molar-refractivity contribution in [3.05, 3.63) is 90.0 Å². The van der Waals surface area contributed by atoms with Gasteiger partial charge in [-0.15, -0.1) is 0 Å². The van der Waals surface area contributed by atoms with Gasteiger partial charge in [-0.1, -0.05) is 42.5 Å². The molecule has 0 amide bonds. The number of ether oxygens (including phenoxy) is 3. The first-order chi connectivity index (χ1) is 13.8. The molecule has 0 aromatic heterocycles. The number of rotatable bonds is 10. The van der Waals surface area contributed by atoms with E-state index in [2.05, 4.69) is 5.10 Å². The minimum absolute atomic E-state index is 0.552. The van der Waals surface area contributed by atoms with Gasteiger partial charge in [0.1, 0.15) is 23.9 Å². The van der Waals surface area contributed by atoms with E-state index in [0.717, 1.165) is 34.8 Å². The first-order valence-corrected chi connectivity index (χ1v) is 9.19. The Labute approximate surface area is 165 Å². The second kappa shape index (κ2) is 10.6. The minimum Gasteiger partial charge on any atom is -0.493 e. The summed E-state index contributed by atoms with van der Waals surface area (Å²) < 4.78 is 17.2. The molecule has 0 saturated carbocycles. The quantitative estimate of drug-likeness (QED) is 0.246. The molecule has 3 aromatic carbocycles. The van der Waals surface area contributed by atoms with E-state index < -0.39 is 0 Å². The Morgan fingerprint density at radius 1 is 0.714 bits per heavy atom. The zero-order valence-corrected chi connectivity index (χ0v) is 15.7. The number of nitrogens with two attached hydrogens (primary N) is 1. The Morgan fingerprint density at radius 3 is 2.11 bits per heavy atom. The molecule has 0 aliphatic heterocycles. The second-order valence-corrected chi connectivity index (χ2v) is 6.15. The monoisotopic (exact) mass is 376 g/mol. The van der Waals surface area contributed by atoms with E-state index in [0.29, 0.717) is 19.8 Å². The summed E-state index contributed by atoms with van der Waals surface area (Å²) in [5.74, 6) is 7.58. The van der Waals surface area contributed by atoms with Gasteiger partial charge in [0.15, 0.2) is 0 Å². The fraction of sp³-hybridized carbons (Fsp3) is 0.174. The maximum absolute atomic E-state index is 5.77. The molecular weight excluding hydrogens is 352 g/mol. The van der Waals surface area contributed by atoms with Crippen molar-refractivity contribution in [2.75, 3.05) is 13.2 Å². The van der Waals surface area contributed by atoms with Crippen LogP contribution in [0.5, 0.6) is 17.2 Å². The normalized spacial score (nSPS) is 10.7. The van der Waals surface area contributed by atoms with Crippen LogP contribution in [0.1, 0.15) is 17.5 Å². The van der Waals surface area contributed by atoms with Gasteiger partial charge in [0.2, 0.25) is 0 Å². The maximum Gasteiger partial charge on any atom is 0.120 e. The highest BCUT2D eigenvalue weighted by atomic mass is 16.5. The van der Waals surface area contributed by atoms with Crippen molar-refractivity contribution < 1.29 is 14.2 Å². The lowest BCUT2D eigenvalue weighted by atomic mass is 10.2. The van der Waals surface area contributed by atoms with Crippen LogP contribution in [0.4, 0.5) is 0 Å². The SMILES string of the molecule is NN=Cc1cccc(OCCCOc2ccc(OCc3ccccc3)cc2)c1. The second-order valence-electron chi connectivity index (χ2n) is 6.15. The Bertz CT molecular complexity index is 865. The molecule has 0 radical (unpaired) electrons. The Morgan fingerprint density at radius 2 is 1.39 bits per heavy atom. The summed E-state index contributed by atoms with van der Waals surface area (Å²) in [5.41, 5.74) is 2.05. The van der Waals surface area contributed by atoms with E-state index in [1.54, 1.807) is 6.21 Å². The van der Waals surface area contributed by atoms with Crippen molar-refractivity contribution in [1.82, 2.24) is 0 Å². The number of nitrogens with zero attached hydrogens (tertiary/aromatic N) is 1. The molecule has 0 bridgehead atoms. The minimum atomic E-state index is 0.552. The number of hydrogen-bond donors (Lipinski definition) is 1. The molecular formula is C23H24N2O3. The Kier molecular flexibility index (Phi) is 7.32. The molecule has 144 valence electrons. The molecule has 0 aliphatic carbocycles. The third kappa shape index (κ3) is 6.36. The van der Waals surface area contributed by atoms with E-state index >= 15 is 0 Å². The molecule has 5 heteroatoms. The standard InChI is InChI=1S/C23H24N2O3/c24-25-17-20-8-4-9-23(16-20)27-15-5-14-26-21-10-12-22(13-11-21)28-18-19-6-2-1-3-7-19/h1-4,6-13,16-17H,5,14-15,18,24H2. The fourth-order valence-corrected chi connectivity index (χ4v) is 2.58. The van der Waals surface area contributed by atoms with Crippen LogP contribution in [0.3, 0.4) is 0 Å². The molecule has 0 unspecified atom stereocenters. The smallest absolute Gasteiger partial charge is 0.120 e. The Balaban J connectivity index is 1.35. The van der Waals surface area contributed by atoms with Crippen LogP contribution in [0.25, 0.3) is 0 Å². The third-order valence-electron chi connectivity index (χ3n) is 3.98. The largest absolute Gasteiger partial charge is 0.493 e. The van der Waals surface area contributed by atoms with Gasteiger partial charge in [-0.25, -0.2) is 0 Å². The molecule has 5 nitrogen and oxygen atoms in total. The molecule has 0 spiro atoms. The first kappa shape index (κ1) is 19.3. The predicted octanol–water partition coefficient (Wildman–Crippen LogP) is 4.41. The summed E-state index contributed by atoms with van der Waals surface area (Å²) in [7, 11) is 0. The summed E-state index contributed by atoms with van der Waals surface area (Å²) in [6.07, 6.45) is 2.37. The molecule has 0 aliphatic rings. The molecule has 2 N–H and O–H groups in total. The number of hydrogen-bond acceptors (Lipinski definition) is 5. The van der Waals surface area contributed by atoms with Crippen LogP contribution in [0.15, 0.2) is 84.0 Å². The van der Waals surface area contributed by atoms with Crippen LogP contribution in [0, 0.1) is 0 Å². The summed E-state index contributed by atoms with van der Waals surface area (Å²) in [5, 5.41) is 3.51. The summed E-state index contributed by atoms with van der Waals surface area (Å²) in [6, 6.07) is 25.4. The lowest BCUT2D eigenvalue weighted by Gasteiger charge is -2.10. The van der Waals surface area contributed by atoms with E-state index in [1.807, 2.05) is 78.9 Å². The van der Waals surface area contributed by atoms with Crippen molar-refractivity contribution in [2.24, 2.45) is 10.9 Å². The van der Waals surface area contributed by atoms with Crippen LogP contribution in [-0.4, -0.2) is 19.4 Å². The van der Waals surface area contributed by atoms with E-state index in [4.69, 9.17) is 20.1 Å². The van der Waals surface area contributed by atoms with Crippen LogP contribution < -0.4 is 20.1 Å². The molecule has 0 fully saturated rings. The highest BCUT2D eigenvalue weighted by molar-refractivity contribution is 5.79. The average molecular weight is 376 g/mol. The van der Waals surface area contributed by atoms with Crippen LogP contribution >= 0.6 is 0 Å². The van der Waals surface area contributed by atoms with Crippen LogP contribution in [0.2, 0.25) is 0 Å². The predicted molar refractivity (Wildman–Crippen MR) is 111 cm³/mol. The molecule has 0 saturated heterocycles. The van der Waals surface area contributed by atoms with Crippen LogP contribution in [-0.2, 0) is 6.61 Å². The van der Waals surface area contributed by atoms with E-state index in [-0.39, 0.29) is 0 Å². The third-order valence-corrected chi connectivity index (χ3v) is 3.98. The Hall–Kier alpha value is -3.47. The van der Waals surface area contributed by atoms with Gasteiger partial charge in [-0.3, -0.25) is 0 Å². The van der Waals surface area contributed by atoms with Gasteiger partial charge >= 0.3 is 0 Å². The molecule has 3 rings (SSSR count). The summed E-state index contributed by atoms with van der Waals surface area (Å²) >= 11 is 0. The lowest BCUT2D eigenvalue weighted by molar-refractivity contribution is 0.247. The van der Waals surface area contributed by atoms with E-state index in [1.165, 1.54) is 0 Å². The average Bonchev–Trinajstić information content (AvgIpc) is 2.74. The van der Waals surface area contributed by atoms with Gasteiger partial charge in [0.05, 0.1) is 19.4 Å². The maximum atomic E-state index is 5.77. The molecule has 28 heavy (non-hydrogen) atoms. The lowest BCUT2D eigenvalue weighted by Crippen LogP contribution is -2.05. The molecule has 3 aromatic rings. The summed E-state index contributed by atoms with van der Waals surface area (Å²) in [6.45, 7) is 1.70. The first-order valence-electron chi connectivity index (χ1n) is 9.19. The molecule has 0 heterocycles. The number of benzene rings is 3. The van der Waals surface area contributed by atoms with Crippen molar-refractivity contribution in [3.63, 3.8) is 0 Å². The van der Waals surface area contributed by atoms with Crippen molar-refractivity contribution >= 4 is 6.21 Å².